The predicted molar refractivity (Wildman–Crippen MR) is 71.5 cm³/mol. The fourth-order valence-electron chi connectivity index (χ4n) is 1.63. The number of halogens is 1. The largest absolute Gasteiger partial charge is 0.493 e. The SMILES string of the molecule is Cn1cc(CCOc2ccccc2CBr)cn1. The Hall–Kier alpha value is -1.29. The molecule has 2 rings (SSSR count). The molecule has 0 N–H and O–H groups in total. The van der Waals surface area contributed by atoms with E-state index in [0.29, 0.717) is 6.61 Å². The molecule has 0 saturated heterocycles. The van der Waals surface area contributed by atoms with Gasteiger partial charge < -0.3 is 4.74 Å². The first-order valence-corrected chi connectivity index (χ1v) is 6.66. The fourth-order valence-corrected chi connectivity index (χ4v) is 2.10. The van der Waals surface area contributed by atoms with Crippen LogP contribution in [0.4, 0.5) is 0 Å². The minimum atomic E-state index is 0.676. The van der Waals surface area contributed by atoms with E-state index < -0.39 is 0 Å². The molecule has 4 heteroatoms. The highest BCUT2D eigenvalue weighted by Crippen LogP contribution is 2.20. The lowest BCUT2D eigenvalue weighted by atomic mass is 10.2. The van der Waals surface area contributed by atoms with Crippen molar-refractivity contribution in [1.82, 2.24) is 9.78 Å². The van der Waals surface area contributed by atoms with Crippen molar-refractivity contribution in [2.75, 3.05) is 6.61 Å². The molecule has 1 heterocycles. The van der Waals surface area contributed by atoms with Crippen LogP contribution in [-0.4, -0.2) is 16.4 Å². The summed E-state index contributed by atoms with van der Waals surface area (Å²) in [5.74, 6) is 0.952. The summed E-state index contributed by atoms with van der Waals surface area (Å²) in [6.45, 7) is 0.676. The second-order valence-electron chi connectivity index (χ2n) is 3.86. The molecule has 0 aliphatic carbocycles. The van der Waals surface area contributed by atoms with Gasteiger partial charge in [0.15, 0.2) is 0 Å². The number of rotatable bonds is 5. The summed E-state index contributed by atoms with van der Waals surface area (Å²) < 4.78 is 7.58. The van der Waals surface area contributed by atoms with Crippen molar-refractivity contribution in [2.45, 2.75) is 11.8 Å². The fraction of sp³-hybridized carbons (Fsp3) is 0.308. The molecule has 17 heavy (non-hydrogen) atoms. The Labute approximate surface area is 110 Å². The highest BCUT2D eigenvalue weighted by molar-refractivity contribution is 9.08. The van der Waals surface area contributed by atoms with Crippen LogP contribution in [0.5, 0.6) is 5.75 Å². The van der Waals surface area contributed by atoms with Crippen LogP contribution in [0.2, 0.25) is 0 Å². The summed E-state index contributed by atoms with van der Waals surface area (Å²) in [5, 5.41) is 4.95. The molecule has 1 aromatic carbocycles. The number of hydrogen-bond donors (Lipinski definition) is 0. The third kappa shape index (κ3) is 3.33. The zero-order chi connectivity index (χ0) is 12.1. The lowest BCUT2D eigenvalue weighted by Crippen LogP contribution is -2.02. The van der Waals surface area contributed by atoms with Crippen molar-refractivity contribution < 1.29 is 4.74 Å². The lowest BCUT2D eigenvalue weighted by molar-refractivity contribution is 0.319. The summed E-state index contributed by atoms with van der Waals surface area (Å²) in [6, 6.07) is 8.07. The number of ether oxygens (including phenoxy) is 1. The molecule has 0 unspecified atom stereocenters. The number of alkyl halides is 1. The molecule has 0 aliphatic rings. The number of aryl methyl sites for hydroxylation is 1. The van der Waals surface area contributed by atoms with Gasteiger partial charge in [-0.1, -0.05) is 34.1 Å². The predicted octanol–water partition coefficient (Wildman–Crippen LogP) is 2.94. The molecule has 0 saturated carbocycles. The maximum Gasteiger partial charge on any atom is 0.123 e. The van der Waals surface area contributed by atoms with Gasteiger partial charge in [0.05, 0.1) is 12.8 Å². The molecule has 2 aromatic rings. The first-order chi connectivity index (χ1) is 8.29. The summed E-state index contributed by atoms with van der Waals surface area (Å²) in [5.41, 5.74) is 2.38. The third-order valence-electron chi connectivity index (χ3n) is 2.52. The van der Waals surface area contributed by atoms with E-state index in [1.54, 1.807) is 0 Å². The molecule has 0 amide bonds. The van der Waals surface area contributed by atoms with Gasteiger partial charge in [0.2, 0.25) is 0 Å². The first kappa shape index (κ1) is 12.2. The molecule has 3 nitrogen and oxygen atoms in total. The Kier molecular flexibility index (Phi) is 4.20. The van der Waals surface area contributed by atoms with Gasteiger partial charge in [-0.15, -0.1) is 0 Å². The van der Waals surface area contributed by atoms with Crippen LogP contribution in [0.1, 0.15) is 11.1 Å². The average molecular weight is 295 g/mol. The van der Waals surface area contributed by atoms with Gasteiger partial charge >= 0.3 is 0 Å². The number of benzene rings is 1. The van der Waals surface area contributed by atoms with Crippen molar-refractivity contribution in [1.29, 1.82) is 0 Å². The minimum absolute atomic E-state index is 0.676. The molecular weight excluding hydrogens is 280 g/mol. The van der Waals surface area contributed by atoms with Crippen molar-refractivity contribution in [3.05, 3.63) is 47.8 Å². The van der Waals surface area contributed by atoms with Crippen molar-refractivity contribution in [2.24, 2.45) is 7.05 Å². The highest BCUT2D eigenvalue weighted by Gasteiger charge is 2.02. The van der Waals surface area contributed by atoms with Crippen molar-refractivity contribution >= 4 is 15.9 Å². The molecule has 0 radical (unpaired) electrons. The van der Waals surface area contributed by atoms with E-state index in [9.17, 15) is 0 Å². The second kappa shape index (κ2) is 5.87. The topological polar surface area (TPSA) is 27.1 Å². The Morgan fingerprint density at radius 3 is 2.88 bits per heavy atom. The summed E-state index contributed by atoms with van der Waals surface area (Å²) in [4.78, 5) is 0. The van der Waals surface area contributed by atoms with Crippen LogP contribution in [0.25, 0.3) is 0 Å². The lowest BCUT2D eigenvalue weighted by Gasteiger charge is -2.08. The van der Waals surface area contributed by atoms with Gasteiger partial charge in [-0.25, -0.2) is 0 Å². The van der Waals surface area contributed by atoms with E-state index in [-0.39, 0.29) is 0 Å². The molecule has 0 fully saturated rings. The molecule has 1 aromatic heterocycles. The zero-order valence-electron chi connectivity index (χ0n) is 9.77. The Balaban J connectivity index is 1.89. The van der Waals surface area contributed by atoms with Crippen LogP contribution >= 0.6 is 15.9 Å². The molecule has 0 aliphatic heterocycles. The van der Waals surface area contributed by atoms with Crippen molar-refractivity contribution in [3.8, 4) is 5.75 Å². The Morgan fingerprint density at radius 2 is 2.18 bits per heavy atom. The second-order valence-corrected chi connectivity index (χ2v) is 4.42. The standard InChI is InChI=1S/C13H15BrN2O/c1-16-10-11(9-15-16)6-7-17-13-5-3-2-4-12(13)8-14/h2-5,9-10H,6-8H2,1H3. The highest BCUT2D eigenvalue weighted by atomic mass is 79.9. The van der Waals surface area contributed by atoms with E-state index in [2.05, 4.69) is 27.1 Å². The molecule has 0 bridgehead atoms. The van der Waals surface area contributed by atoms with Crippen LogP contribution in [0.15, 0.2) is 36.7 Å². The van der Waals surface area contributed by atoms with Gasteiger partial charge in [-0.3, -0.25) is 4.68 Å². The number of hydrogen-bond acceptors (Lipinski definition) is 2. The molecular formula is C13H15BrN2O. The Bertz CT molecular complexity index is 482. The van der Waals surface area contributed by atoms with Gasteiger partial charge in [0.1, 0.15) is 5.75 Å². The van der Waals surface area contributed by atoms with E-state index in [4.69, 9.17) is 4.74 Å². The summed E-state index contributed by atoms with van der Waals surface area (Å²) >= 11 is 3.46. The molecule has 90 valence electrons. The smallest absolute Gasteiger partial charge is 0.123 e. The number of aromatic nitrogens is 2. The summed E-state index contributed by atoms with van der Waals surface area (Å²) in [6.07, 6.45) is 4.77. The molecule has 0 atom stereocenters. The van der Waals surface area contributed by atoms with Crippen LogP contribution < -0.4 is 4.74 Å². The third-order valence-corrected chi connectivity index (χ3v) is 3.13. The maximum atomic E-state index is 5.77. The van der Waals surface area contributed by atoms with E-state index in [1.165, 1.54) is 11.1 Å². The monoisotopic (exact) mass is 294 g/mol. The van der Waals surface area contributed by atoms with Crippen LogP contribution in [0, 0.1) is 0 Å². The van der Waals surface area contributed by atoms with Crippen LogP contribution in [-0.2, 0) is 18.8 Å². The van der Waals surface area contributed by atoms with E-state index in [0.717, 1.165) is 17.5 Å². The quantitative estimate of drug-likeness (QED) is 0.793. The number of nitrogens with zero attached hydrogens (tertiary/aromatic N) is 2. The number of para-hydroxylation sites is 1. The minimum Gasteiger partial charge on any atom is -0.493 e. The van der Waals surface area contributed by atoms with Crippen molar-refractivity contribution in [3.63, 3.8) is 0 Å². The van der Waals surface area contributed by atoms with E-state index in [1.807, 2.05) is 42.3 Å². The normalized spacial score (nSPS) is 10.5. The average Bonchev–Trinajstić information content (AvgIpc) is 2.76. The molecule has 0 spiro atoms. The summed E-state index contributed by atoms with van der Waals surface area (Å²) in [7, 11) is 1.92. The van der Waals surface area contributed by atoms with Gasteiger partial charge in [0.25, 0.3) is 0 Å². The zero-order valence-corrected chi connectivity index (χ0v) is 11.4. The van der Waals surface area contributed by atoms with E-state index >= 15 is 0 Å². The Morgan fingerprint density at radius 1 is 1.35 bits per heavy atom. The first-order valence-electron chi connectivity index (χ1n) is 5.54. The maximum absolute atomic E-state index is 5.77. The van der Waals surface area contributed by atoms with Crippen LogP contribution in [0.3, 0.4) is 0 Å². The van der Waals surface area contributed by atoms with Gasteiger partial charge in [0, 0.05) is 30.6 Å². The van der Waals surface area contributed by atoms with Gasteiger partial charge in [-0.05, 0) is 11.6 Å². The van der Waals surface area contributed by atoms with Gasteiger partial charge in [-0.2, -0.15) is 5.10 Å².